The van der Waals surface area contributed by atoms with E-state index in [1.807, 2.05) is 19.1 Å². The fourth-order valence-corrected chi connectivity index (χ4v) is 3.65. The maximum atomic E-state index is 13.0. The maximum Gasteiger partial charge on any atom is 0.269 e. The van der Waals surface area contributed by atoms with Crippen LogP contribution in [0.25, 0.3) is 16.6 Å². The van der Waals surface area contributed by atoms with E-state index in [0.29, 0.717) is 53.8 Å². The molecule has 1 aliphatic heterocycles. The molecule has 0 atom stereocenters. The van der Waals surface area contributed by atoms with Crippen LogP contribution in [0.5, 0.6) is 0 Å². The van der Waals surface area contributed by atoms with Crippen LogP contribution in [-0.4, -0.2) is 51.8 Å². The zero-order valence-corrected chi connectivity index (χ0v) is 17.4. The van der Waals surface area contributed by atoms with E-state index in [9.17, 15) is 14.4 Å². The molecule has 0 radical (unpaired) electrons. The maximum absolute atomic E-state index is 13.0. The second-order valence-corrected chi connectivity index (χ2v) is 7.38. The highest BCUT2D eigenvalue weighted by atomic mass is 16.2. The largest absolute Gasteiger partial charge is 0.354 e. The Morgan fingerprint density at radius 1 is 1.19 bits per heavy atom. The van der Waals surface area contributed by atoms with Crippen LogP contribution in [-0.2, 0) is 6.42 Å². The molecule has 4 heterocycles. The van der Waals surface area contributed by atoms with E-state index >= 15 is 0 Å². The van der Waals surface area contributed by atoms with E-state index in [2.05, 4.69) is 20.3 Å². The quantitative estimate of drug-likeness (QED) is 0.676. The van der Waals surface area contributed by atoms with Gasteiger partial charge in [0.15, 0.2) is 0 Å². The van der Waals surface area contributed by atoms with Gasteiger partial charge >= 0.3 is 0 Å². The summed E-state index contributed by atoms with van der Waals surface area (Å²) in [4.78, 5) is 49.8. The van der Waals surface area contributed by atoms with Gasteiger partial charge in [-0.2, -0.15) is 0 Å². The molecule has 1 aliphatic rings. The van der Waals surface area contributed by atoms with Gasteiger partial charge in [0.1, 0.15) is 5.69 Å². The van der Waals surface area contributed by atoms with Crippen molar-refractivity contribution in [3.63, 3.8) is 0 Å². The van der Waals surface area contributed by atoms with Crippen molar-refractivity contribution in [1.82, 2.24) is 25.2 Å². The Morgan fingerprint density at radius 3 is 2.68 bits per heavy atom. The fourth-order valence-electron chi connectivity index (χ4n) is 3.65. The summed E-state index contributed by atoms with van der Waals surface area (Å²) in [5, 5.41) is 2.55. The van der Waals surface area contributed by atoms with E-state index in [0.717, 1.165) is 11.1 Å². The summed E-state index contributed by atoms with van der Waals surface area (Å²) in [6.45, 7) is 2.94. The SMILES string of the molecule is CCc1cc2ncc(C(=O)N3CC=C(c4ccc(C(=O)NC)nc4)CC3)cc2[nH]c1=O. The van der Waals surface area contributed by atoms with Crippen LogP contribution >= 0.6 is 0 Å². The first-order valence-corrected chi connectivity index (χ1v) is 10.2. The molecule has 31 heavy (non-hydrogen) atoms. The molecular formula is C23H23N5O3. The monoisotopic (exact) mass is 417 g/mol. The van der Waals surface area contributed by atoms with Gasteiger partial charge in [0.25, 0.3) is 17.4 Å². The van der Waals surface area contributed by atoms with Crippen molar-refractivity contribution in [3.05, 3.63) is 75.5 Å². The molecule has 0 aromatic carbocycles. The number of aryl methyl sites for hydroxylation is 1. The lowest BCUT2D eigenvalue weighted by atomic mass is 10.0. The minimum Gasteiger partial charge on any atom is -0.354 e. The van der Waals surface area contributed by atoms with E-state index in [1.54, 1.807) is 42.5 Å². The van der Waals surface area contributed by atoms with E-state index in [4.69, 9.17) is 0 Å². The molecule has 0 bridgehead atoms. The highest BCUT2D eigenvalue weighted by Gasteiger charge is 2.20. The lowest BCUT2D eigenvalue weighted by molar-refractivity contribution is 0.0772. The topological polar surface area (TPSA) is 108 Å². The predicted octanol–water partition coefficient (Wildman–Crippen LogP) is 2.17. The van der Waals surface area contributed by atoms with Crippen molar-refractivity contribution in [2.24, 2.45) is 0 Å². The number of aromatic amines is 1. The van der Waals surface area contributed by atoms with Crippen LogP contribution in [0.3, 0.4) is 0 Å². The van der Waals surface area contributed by atoms with Gasteiger partial charge < -0.3 is 15.2 Å². The van der Waals surface area contributed by atoms with E-state index in [-0.39, 0.29) is 17.4 Å². The summed E-state index contributed by atoms with van der Waals surface area (Å²) in [6.07, 6.45) is 6.55. The van der Waals surface area contributed by atoms with Gasteiger partial charge in [-0.3, -0.25) is 24.4 Å². The molecule has 0 saturated heterocycles. The van der Waals surface area contributed by atoms with E-state index < -0.39 is 0 Å². The number of pyridine rings is 3. The Balaban J connectivity index is 1.50. The number of nitrogens with one attached hydrogen (secondary N) is 2. The second-order valence-electron chi connectivity index (χ2n) is 7.38. The molecule has 2 N–H and O–H groups in total. The van der Waals surface area contributed by atoms with Crippen LogP contribution < -0.4 is 10.9 Å². The van der Waals surface area contributed by atoms with Gasteiger partial charge in [0.2, 0.25) is 0 Å². The fraction of sp³-hybridized carbons (Fsp3) is 0.261. The Kier molecular flexibility index (Phi) is 5.62. The molecule has 3 aromatic rings. The number of rotatable bonds is 4. The molecule has 0 saturated carbocycles. The molecule has 8 heteroatoms. The number of hydrogen-bond acceptors (Lipinski definition) is 5. The Labute approximate surface area is 179 Å². The number of carbonyl (C=O) groups is 2. The predicted molar refractivity (Wildman–Crippen MR) is 118 cm³/mol. The number of carbonyl (C=O) groups excluding carboxylic acids is 2. The van der Waals surface area contributed by atoms with Gasteiger partial charge in [-0.1, -0.05) is 19.1 Å². The molecule has 0 fully saturated rings. The van der Waals surface area contributed by atoms with Crippen molar-refractivity contribution in [1.29, 1.82) is 0 Å². The minimum absolute atomic E-state index is 0.127. The molecule has 0 spiro atoms. The average Bonchev–Trinajstić information content (AvgIpc) is 2.82. The summed E-state index contributed by atoms with van der Waals surface area (Å²) < 4.78 is 0. The van der Waals surface area contributed by atoms with Crippen LogP contribution in [0.1, 0.15) is 45.3 Å². The van der Waals surface area contributed by atoms with Crippen LogP contribution in [0.2, 0.25) is 0 Å². The summed E-state index contributed by atoms with van der Waals surface area (Å²) >= 11 is 0. The lowest BCUT2D eigenvalue weighted by Crippen LogP contribution is -2.34. The van der Waals surface area contributed by atoms with Crippen LogP contribution in [0, 0.1) is 0 Å². The van der Waals surface area contributed by atoms with Gasteiger partial charge in [0, 0.05) is 38.1 Å². The molecular weight excluding hydrogens is 394 g/mol. The molecule has 158 valence electrons. The number of nitrogens with zero attached hydrogens (tertiary/aromatic N) is 3. The third-order valence-corrected chi connectivity index (χ3v) is 5.49. The highest BCUT2D eigenvalue weighted by Crippen LogP contribution is 2.23. The van der Waals surface area contributed by atoms with Crippen molar-refractivity contribution < 1.29 is 9.59 Å². The number of H-pyrrole nitrogens is 1. The van der Waals surface area contributed by atoms with Gasteiger partial charge in [-0.15, -0.1) is 0 Å². The Hall–Kier alpha value is -3.81. The first-order valence-electron chi connectivity index (χ1n) is 10.2. The Bertz CT molecular complexity index is 1240. The summed E-state index contributed by atoms with van der Waals surface area (Å²) in [7, 11) is 1.57. The Morgan fingerprint density at radius 2 is 2.03 bits per heavy atom. The smallest absolute Gasteiger partial charge is 0.269 e. The second kappa shape index (κ2) is 8.51. The first kappa shape index (κ1) is 20.5. The highest BCUT2D eigenvalue weighted by molar-refractivity contribution is 5.97. The molecule has 0 aliphatic carbocycles. The summed E-state index contributed by atoms with van der Waals surface area (Å²) in [6, 6.07) is 7.01. The summed E-state index contributed by atoms with van der Waals surface area (Å²) in [5.74, 6) is -0.351. The van der Waals surface area contributed by atoms with Crippen LogP contribution in [0.15, 0.2) is 47.5 Å². The van der Waals surface area contributed by atoms with Crippen molar-refractivity contribution in [3.8, 4) is 0 Å². The molecule has 8 nitrogen and oxygen atoms in total. The summed E-state index contributed by atoms with van der Waals surface area (Å²) in [5.41, 5.74) is 4.59. The van der Waals surface area contributed by atoms with Crippen molar-refractivity contribution in [2.75, 3.05) is 20.1 Å². The third-order valence-electron chi connectivity index (χ3n) is 5.49. The zero-order chi connectivity index (χ0) is 22.0. The van der Waals surface area contributed by atoms with Gasteiger partial charge in [-0.05, 0) is 42.2 Å². The van der Waals surface area contributed by atoms with Crippen molar-refractivity contribution in [2.45, 2.75) is 19.8 Å². The minimum atomic E-state index is -0.225. The third kappa shape index (κ3) is 4.09. The van der Waals surface area contributed by atoms with E-state index in [1.165, 1.54) is 0 Å². The molecule has 2 amide bonds. The number of amides is 2. The number of hydrogen-bond donors (Lipinski definition) is 2. The first-order chi connectivity index (χ1) is 15.0. The lowest BCUT2D eigenvalue weighted by Gasteiger charge is -2.26. The van der Waals surface area contributed by atoms with Crippen LogP contribution in [0.4, 0.5) is 0 Å². The van der Waals surface area contributed by atoms with Crippen molar-refractivity contribution >= 4 is 28.4 Å². The van der Waals surface area contributed by atoms with Gasteiger partial charge in [0.05, 0.1) is 16.6 Å². The molecule has 3 aromatic heterocycles. The van der Waals surface area contributed by atoms with Gasteiger partial charge in [-0.25, -0.2) is 0 Å². The normalized spacial score (nSPS) is 13.7. The average molecular weight is 417 g/mol. The number of aromatic nitrogens is 3. The number of fused-ring (bicyclic) bond motifs is 1. The molecule has 0 unspecified atom stereocenters. The molecule has 4 rings (SSSR count). The standard InChI is InChI=1S/C23H23N5O3/c1-3-14-10-19-20(27-21(14)29)11-17(13-26-19)23(31)28-8-6-15(7-9-28)16-4-5-18(25-12-16)22(30)24-2/h4-6,10-13H,3,7-9H2,1-2H3,(H,24,30)(H,27,29). The zero-order valence-electron chi connectivity index (χ0n) is 17.4.